The number of nitrogens with zero attached hydrogens (tertiary/aromatic N) is 2. The van der Waals surface area contributed by atoms with E-state index in [1.807, 2.05) is 0 Å². The van der Waals surface area contributed by atoms with Crippen LogP contribution in [0.4, 0.5) is 31.4 Å². The molecule has 0 saturated carbocycles. The van der Waals surface area contributed by atoms with Crippen molar-refractivity contribution in [1.29, 1.82) is 0 Å². The number of rotatable bonds is 9. The molecule has 0 fully saturated rings. The molecule has 0 spiro atoms. The lowest BCUT2D eigenvalue weighted by molar-refractivity contribution is 0.0287. The first-order chi connectivity index (χ1) is 23.1. The Labute approximate surface area is 286 Å². The molecule has 0 aromatic heterocycles. The van der Waals surface area contributed by atoms with Gasteiger partial charge in [-0.15, -0.1) is 0 Å². The Bertz CT molecular complexity index is 1650. The number of para-hydroxylation sites is 2. The Hall–Kier alpha value is -5.46. The standard InChI is InChI=1S/C36H45N5O8/c1-35(2,3)48-33(44)39-28-11-9-8-10-27(28)38-31(42)25-14-12-24(13-15-25)23-41(19-18-40(7)34(45)49-36(4,5)6)32(43)37-26-16-17-29-30(22-26)47-21-20-46-29/h8-17,22H,18-21,23H2,1-7H3,(H,37,43)(H,38,42)(H,39,44). The van der Waals surface area contributed by atoms with Crippen molar-refractivity contribution >= 4 is 41.2 Å². The smallest absolute Gasteiger partial charge is 0.412 e. The third-order valence-electron chi connectivity index (χ3n) is 6.89. The molecule has 0 unspecified atom stereocenters. The summed E-state index contributed by atoms with van der Waals surface area (Å²) in [5.41, 5.74) is 1.09. The molecule has 13 nitrogen and oxygen atoms in total. The number of urea groups is 1. The lowest BCUT2D eigenvalue weighted by Crippen LogP contribution is -2.42. The summed E-state index contributed by atoms with van der Waals surface area (Å²) in [6.07, 6.45) is -1.14. The van der Waals surface area contributed by atoms with E-state index in [-0.39, 0.29) is 19.6 Å². The zero-order valence-corrected chi connectivity index (χ0v) is 29.0. The number of anilines is 3. The van der Waals surface area contributed by atoms with Crippen LogP contribution < -0.4 is 25.4 Å². The second-order valence-electron chi connectivity index (χ2n) is 13.4. The average Bonchev–Trinajstić information content (AvgIpc) is 3.02. The number of carbonyl (C=O) groups excluding carboxylic acids is 4. The van der Waals surface area contributed by atoms with Crippen molar-refractivity contribution in [2.45, 2.75) is 59.3 Å². The fourth-order valence-electron chi connectivity index (χ4n) is 4.57. The molecular weight excluding hydrogens is 630 g/mol. The van der Waals surface area contributed by atoms with Gasteiger partial charge in [-0.1, -0.05) is 24.3 Å². The van der Waals surface area contributed by atoms with Crippen molar-refractivity contribution in [2.24, 2.45) is 0 Å². The number of benzene rings is 3. The van der Waals surface area contributed by atoms with Crippen LogP contribution in [0.15, 0.2) is 66.7 Å². The normalized spacial score (nSPS) is 12.3. The maximum absolute atomic E-state index is 13.6. The number of hydrogen-bond donors (Lipinski definition) is 3. The number of fused-ring (bicyclic) bond motifs is 1. The molecule has 0 saturated heterocycles. The summed E-state index contributed by atoms with van der Waals surface area (Å²) in [5.74, 6) is 0.751. The summed E-state index contributed by atoms with van der Waals surface area (Å²) >= 11 is 0. The molecule has 3 aromatic carbocycles. The van der Waals surface area contributed by atoms with E-state index in [0.29, 0.717) is 47.3 Å². The van der Waals surface area contributed by atoms with Crippen LogP contribution in [-0.2, 0) is 16.0 Å². The lowest BCUT2D eigenvalue weighted by Gasteiger charge is -2.28. The maximum Gasteiger partial charge on any atom is 0.412 e. The lowest BCUT2D eigenvalue weighted by atomic mass is 10.1. The van der Waals surface area contributed by atoms with Crippen molar-refractivity contribution in [3.63, 3.8) is 0 Å². The monoisotopic (exact) mass is 675 g/mol. The highest BCUT2D eigenvalue weighted by Gasteiger charge is 2.23. The first-order valence-electron chi connectivity index (χ1n) is 16.0. The van der Waals surface area contributed by atoms with Crippen LogP contribution in [0, 0.1) is 0 Å². The van der Waals surface area contributed by atoms with Gasteiger partial charge in [0.25, 0.3) is 5.91 Å². The Morgan fingerprint density at radius 2 is 1.35 bits per heavy atom. The van der Waals surface area contributed by atoms with Gasteiger partial charge in [-0.25, -0.2) is 14.4 Å². The average molecular weight is 676 g/mol. The highest BCUT2D eigenvalue weighted by molar-refractivity contribution is 6.06. The Kier molecular flexibility index (Phi) is 11.6. The van der Waals surface area contributed by atoms with Gasteiger partial charge < -0.3 is 39.4 Å². The van der Waals surface area contributed by atoms with Gasteiger partial charge in [0.05, 0.1) is 11.4 Å². The van der Waals surface area contributed by atoms with Crippen LogP contribution in [0.5, 0.6) is 11.5 Å². The van der Waals surface area contributed by atoms with Crippen LogP contribution >= 0.6 is 0 Å². The summed E-state index contributed by atoms with van der Waals surface area (Å²) in [4.78, 5) is 54.6. The maximum atomic E-state index is 13.6. The Morgan fingerprint density at radius 3 is 1.98 bits per heavy atom. The first-order valence-corrected chi connectivity index (χ1v) is 16.0. The number of carbonyl (C=O) groups is 4. The second kappa shape index (κ2) is 15.6. The minimum absolute atomic E-state index is 0.184. The van der Waals surface area contributed by atoms with Crippen LogP contribution in [0.1, 0.15) is 57.5 Å². The fourth-order valence-corrected chi connectivity index (χ4v) is 4.57. The Balaban J connectivity index is 1.45. The van der Waals surface area contributed by atoms with Gasteiger partial charge in [-0.2, -0.15) is 0 Å². The van der Waals surface area contributed by atoms with Gasteiger partial charge in [-0.3, -0.25) is 10.1 Å². The first kappa shape index (κ1) is 36.4. The van der Waals surface area contributed by atoms with Crippen LogP contribution in [-0.4, -0.2) is 78.5 Å². The van der Waals surface area contributed by atoms with E-state index in [0.717, 1.165) is 5.56 Å². The zero-order valence-electron chi connectivity index (χ0n) is 29.0. The molecule has 13 heteroatoms. The number of nitrogens with one attached hydrogen (secondary N) is 3. The molecule has 3 N–H and O–H groups in total. The van der Waals surface area contributed by atoms with Crippen molar-refractivity contribution in [3.8, 4) is 11.5 Å². The molecule has 262 valence electrons. The third kappa shape index (κ3) is 11.3. The fraction of sp³-hybridized carbons (Fsp3) is 0.389. The van der Waals surface area contributed by atoms with E-state index in [1.54, 1.807) is 120 Å². The summed E-state index contributed by atoms with van der Waals surface area (Å²) in [7, 11) is 1.61. The highest BCUT2D eigenvalue weighted by Crippen LogP contribution is 2.32. The molecule has 1 aliphatic rings. The molecule has 3 aromatic rings. The van der Waals surface area contributed by atoms with Gasteiger partial charge in [0.1, 0.15) is 24.4 Å². The van der Waals surface area contributed by atoms with Gasteiger partial charge in [0.2, 0.25) is 0 Å². The third-order valence-corrected chi connectivity index (χ3v) is 6.89. The number of amides is 5. The van der Waals surface area contributed by atoms with E-state index in [4.69, 9.17) is 18.9 Å². The summed E-state index contributed by atoms with van der Waals surface area (Å²) in [6.45, 7) is 12.1. The summed E-state index contributed by atoms with van der Waals surface area (Å²) in [6, 6.07) is 18.4. The molecule has 0 aliphatic carbocycles. The molecular formula is C36H45N5O8. The largest absolute Gasteiger partial charge is 0.486 e. The summed E-state index contributed by atoms with van der Waals surface area (Å²) in [5, 5.41) is 8.41. The molecule has 0 bridgehead atoms. The topological polar surface area (TPSA) is 148 Å². The SMILES string of the molecule is CN(CCN(Cc1ccc(C(=O)Nc2ccccc2NC(=O)OC(C)(C)C)cc1)C(=O)Nc1ccc2c(c1)OCCO2)C(=O)OC(C)(C)C. The molecule has 4 rings (SSSR count). The van der Waals surface area contributed by atoms with Gasteiger partial charge in [0.15, 0.2) is 11.5 Å². The summed E-state index contributed by atoms with van der Waals surface area (Å²) < 4.78 is 22.0. The van der Waals surface area contributed by atoms with Crippen LogP contribution in [0.2, 0.25) is 0 Å². The van der Waals surface area contributed by atoms with Crippen molar-refractivity contribution < 1.29 is 38.1 Å². The van der Waals surface area contributed by atoms with E-state index in [9.17, 15) is 19.2 Å². The van der Waals surface area contributed by atoms with E-state index >= 15 is 0 Å². The van der Waals surface area contributed by atoms with Crippen LogP contribution in [0.3, 0.4) is 0 Å². The predicted octanol–water partition coefficient (Wildman–Crippen LogP) is 6.96. The number of ether oxygens (including phenoxy) is 4. The van der Waals surface area contributed by atoms with Gasteiger partial charge in [-0.05, 0) is 83.5 Å². The van der Waals surface area contributed by atoms with E-state index < -0.39 is 35.3 Å². The van der Waals surface area contributed by atoms with Crippen molar-refractivity contribution in [2.75, 3.05) is 49.3 Å². The molecule has 0 atom stereocenters. The van der Waals surface area contributed by atoms with Crippen LogP contribution in [0.25, 0.3) is 0 Å². The van der Waals surface area contributed by atoms with E-state index in [1.165, 1.54) is 4.90 Å². The number of likely N-dealkylation sites (N-methyl/N-ethyl adjacent to an activating group) is 1. The highest BCUT2D eigenvalue weighted by atomic mass is 16.6. The van der Waals surface area contributed by atoms with Gasteiger partial charge in [0, 0.05) is 44.0 Å². The molecule has 0 radical (unpaired) electrons. The zero-order chi connectivity index (χ0) is 35.8. The minimum atomic E-state index is -0.681. The van der Waals surface area contributed by atoms with Gasteiger partial charge >= 0.3 is 18.2 Å². The molecule has 49 heavy (non-hydrogen) atoms. The van der Waals surface area contributed by atoms with Crippen molar-refractivity contribution in [1.82, 2.24) is 9.80 Å². The quantitative estimate of drug-likeness (QED) is 0.221. The van der Waals surface area contributed by atoms with Crippen molar-refractivity contribution in [3.05, 3.63) is 77.9 Å². The number of hydrogen-bond acceptors (Lipinski definition) is 8. The molecule has 1 heterocycles. The molecule has 5 amide bonds. The second-order valence-corrected chi connectivity index (χ2v) is 13.4. The van der Waals surface area contributed by atoms with E-state index in [2.05, 4.69) is 16.0 Å². The Morgan fingerprint density at radius 1 is 0.735 bits per heavy atom. The molecule has 1 aliphatic heterocycles. The minimum Gasteiger partial charge on any atom is -0.486 e. The predicted molar refractivity (Wildman–Crippen MR) is 186 cm³/mol.